The Balaban J connectivity index is 1.24. The Bertz CT molecular complexity index is 915. The summed E-state index contributed by atoms with van der Waals surface area (Å²) in [6.07, 6.45) is 3.14. The number of carbonyl (C=O) groups is 1. The first-order valence-corrected chi connectivity index (χ1v) is 11.9. The van der Waals surface area contributed by atoms with E-state index < -0.39 is 0 Å². The molecule has 2 N–H and O–H groups in total. The van der Waals surface area contributed by atoms with Gasteiger partial charge in [-0.1, -0.05) is 24.3 Å². The molecule has 2 unspecified atom stereocenters. The number of benzene rings is 2. The summed E-state index contributed by atoms with van der Waals surface area (Å²) in [7, 11) is 3.59. The van der Waals surface area contributed by atoms with E-state index in [1.54, 1.807) is 7.11 Å². The van der Waals surface area contributed by atoms with Gasteiger partial charge < -0.3 is 14.5 Å². The highest BCUT2D eigenvalue weighted by Crippen LogP contribution is 2.29. The van der Waals surface area contributed by atoms with Gasteiger partial charge in [0.05, 0.1) is 19.1 Å². The van der Waals surface area contributed by atoms with Crippen LogP contribution in [0.4, 0.5) is 4.39 Å². The highest BCUT2D eigenvalue weighted by atomic mass is 19.1. The summed E-state index contributed by atoms with van der Waals surface area (Å²) in [5, 5.41) is 0. The van der Waals surface area contributed by atoms with E-state index in [4.69, 9.17) is 4.74 Å². The normalized spacial score (nSPS) is 21.8. The zero-order valence-corrected chi connectivity index (χ0v) is 19.6. The number of amides is 1. The van der Waals surface area contributed by atoms with Gasteiger partial charge in [-0.3, -0.25) is 10.2 Å². The Morgan fingerprint density at radius 2 is 1.94 bits per heavy atom. The molecular formula is C26H35FN4O2. The number of hydrazine groups is 1. The van der Waals surface area contributed by atoms with Gasteiger partial charge in [-0.05, 0) is 73.7 Å². The predicted octanol–water partition coefficient (Wildman–Crippen LogP) is 3.01. The summed E-state index contributed by atoms with van der Waals surface area (Å²) in [5.41, 5.74) is 8.67. The van der Waals surface area contributed by atoms with Gasteiger partial charge in [0.25, 0.3) is 0 Å². The number of carbonyl (C=O) groups excluding carboxylic acids is 1. The largest absolute Gasteiger partial charge is 0.497 e. The number of likely N-dealkylation sites (tertiary alicyclic amines) is 1. The lowest BCUT2D eigenvalue weighted by atomic mass is 9.92. The van der Waals surface area contributed by atoms with Crippen LogP contribution in [0.2, 0.25) is 0 Å². The highest BCUT2D eigenvalue weighted by Gasteiger charge is 2.36. The number of nitrogens with one attached hydrogen (secondary N) is 2. The first kappa shape index (κ1) is 23.7. The number of ether oxygens (including phenoxy) is 1. The van der Waals surface area contributed by atoms with E-state index in [-0.39, 0.29) is 23.7 Å². The number of hydrogen-bond donors (Lipinski definition) is 2. The van der Waals surface area contributed by atoms with Crippen molar-refractivity contribution in [1.82, 2.24) is 20.7 Å². The second-order valence-electron chi connectivity index (χ2n) is 9.27. The van der Waals surface area contributed by atoms with Crippen LogP contribution in [0.5, 0.6) is 5.75 Å². The molecule has 2 aromatic carbocycles. The van der Waals surface area contributed by atoms with Crippen molar-refractivity contribution in [2.24, 2.45) is 11.8 Å². The lowest BCUT2D eigenvalue weighted by molar-refractivity contribution is -0.134. The molecule has 2 saturated heterocycles. The van der Waals surface area contributed by atoms with Crippen LogP contribution in [0.15, 0.2) is 48.5 Å². The van der Waals surface area contributed by atoms with Crippen LogP contribution in [-0.2, 0) is 11.2 Å². The standard InChI is InChI=1S/C26H35FN4O2/c1-30(26(32)24-17-28-29-25(24)21-4-3-5-23(16-21)33-2)18-20-11-14-31(15-12-20)13-10-19-6-8-22(27)9-7-19/h3-9,16,20,24-25,28-29H,10-15,17-18H2,1-2H3. The van der Waals surface area contributed by atoms with Crippen LogP contribution in [0.1, 0.15) is 30.0 Å². The van der Waals surface area contributed by atoms with Gasteiger partial charge in [0, 0.05) is 26.7 Å². The molecule has 0 saturated carbocycles. The van der Waals surface area contributed by atoms with Gasteiger partial charge in [0.1, 0.15) is 11.6 Å². The average Bonchev–Trinajstić information content (AvgIpc) is 3.34. The fourth-order valence-electron chi connectivity index (χ4n) is 4.97. The van der Waals surface area contributed by atoms with Gasteiger partial charge in [-0.2, -0.15) is 0 Å². The number of nitrogens with zero attached hydrogens (tertiary/aromatic N) is 2. The lowest BCUT2D eigenvalue weighted by Gasteiger charge is -2.34. The minimum Gasteiger partial charge on any atom is -0.497 e. The lowest BCUT2D eigenvalue weighted by Crippen LogP contribution is -2.42. The van der Waals surface area contributed by atoms with Crippen LogP contribution in [0, 0.1) is 17.7 Å². The molecule has 4 rings (SSSR count). The molecule has 33 heavy (non-hydrogen) atoms. The third-order valence-corrected chi connectivity index (χ3v) is 7.00. The van der Waals surface area contributed by atoms with Gasteiger partial charge in [-0.25, -0.2) is 9.82 Å². The number of rotatable bonds is 8. The Kier molecular flexibility index (Phi) is 7.96. The highest BCUT2D eigenvalue weighted by molar-refractivity contribution is 5.80. The van der Waals surface area contributed by atoms with Crippen LogP contribution in [0.25, 0.3) is 0 Å². The topological polar surface area (TPSA) is 56.8 Å². The Labute approximate surface area is 196 Å². The third kappa shape index (κ3) is 6.10. The Morgan fingerprint density at radius 1 is 1.18 bits per heavy atom. The fourth-order valence-corrected chi connectivity index (χ4v) is 4.97. The average molecular weight is 455 g/mol. The van der Waals surface area contributed by atoms with Gasteiger partial charge >= 0.3 is 0 Å². The molecule has 2 atom stereocenters. The van der Waals surface area contributed by atoms with Gasteiger partial charge in [0.15, 0.2) is 0 Å². The molecule has 0 radical (unpaired) electrons. The Hall–Kier alpha value is -2.48. The van der Waals surface area contributed by atoms with E-state index in [2.05, 4.69) is 15.8 Å². The number of piperidine rings is 1. The van der Waals surface area contributed by atoms with Crippen molar-refractivity contribution >= 4 is 5.91 Å². The maximum Gasteiger partial charge on any atom is 0.228 e. The Morgan fingerprint density at radius 3 is 2.67 bits per heavy atom. The molecule has 0 spiro atoms. The molecular weight excluding hydrogens is 419 g/mol. The van der Waals surface area contributed by atoms with E-state index in [1.807, 2.05) is 48.3 Å². The number of hydrogen-bond acceptors (Lipinski definition) is 5. The van der Waals surface area contributed by atoms with Crippen molar-refractivity contribution in [2.45, 2.75) is 25.3 Å². The van der Waals surface area contributed by atoms with Crippen molar-refractivity contribution in [1.29, 1.82) is 0 Å². The molecule has 2 aliphatic rings. The molecule has 0 aliphatic carbocycles. The third-order valence-electron chi connectivity index (χ3n) is 7.00. The molecule has 2 aliphatic heterocycles. The van der Waals surface area contributed by atoms with Gasteiger partial charge in [-0.15, -0.1) is 0 Å². The molecule has 178 valence electrons. The monoisotopic (exact) mass is 454 g/mol. The molecule has 7 heteroatoms. The summed E-state index contributed by atoms with van der Waals surface area (Å²) < 4.78 is 18.4. The van der Waals surface area contributed by atoms with Crippen LogP contribution < -0.4 is 15.6 Å². The van der Waals surface area contributed by atoms with E-state index >= 15 is 0 Å². The summed E-state index contributed by atoms with van der Waals surface area (Å²) in [5.74, 6) is 1.18. The molecule has 0 bridgehead atoms. The summed E-state index contributed by atoms with van der Waals surface area (Å²) in [4.78, 5) is 17.7. The van der Waals surface area contributed by atoms with Crippen molar-refractivity contribution in [3.05, 3.63) is 65.5 Å². The minimum atomic E-state index is -0.183. The van der Waals surface area contributed by atoms with Crippen molar-refractivity contribution < 1.29 is 13.9 Å². The van der Waals surface area contributed by atoms with Crippen LogP contribution in [0.3, 0.4) is 0 Å². The van der Waals surface area contributed by atoms with Crippen LogP contribution in [-0.4, -0.2) is 62.6 Å². The van der Waals surface area contributed by atoms with Crippen molar-refractivity contribution in [3.63, 3.8) is 0 Å². The summed E-state index contributed by atoms with van der Waals surface area (Å²) >= 11 is 0. The molecule has 2 heterocycles. The van der Waals surface area contributed by atoms with E-state index in [0.29, 0.717) is 12.5 Å². The maximum absolute atomic E-state index is 13.3. The van der Waals surface area contributed by atoms with Crippen molar-refractivity contribution in [2.75, 3.05) is 46.9 Å². The quantitative estimate of drug-likeness (QED) is 0.642. The fraction of sp³-hybridized carbons (Fsp3) is 0.500. The number of halogens is 1. The maximum atomic E-state index is 13.3. The molecule has 6 nitrogen and oxygen atoms in total. The van der Waals surface area contributed by atoms with Crippen molar-refractivity contribution in [3.8, 4) is 5.75 Å². The summed E-state index contributed by atoms with van der Waals surface area (Å²) in [6, 6.07) is 14.6. The molecule has 2 fully saturated rings. The molecule has 0 aromatic heterocycles. The second kappa shape index (κ2) is 11.1. The second-order valence-corrected chi connectivity index (χ2v) is 9.27. The molecule has 2 aromatic rings. The first-order valence-electron chi connectivity index (χ1n) is 11.9. The van der Waals surface area contributed by atoms with E-state index in [0.717, 1.165) is 56.8 Å². The SMILES string of the molecule is COc1cccc(C2NNCC2C(=O)N(C)CC2CCN(CCc3ccc(F)cc3)CC2)c1. The van der Waals surface area contributed by atoms with Crippen LogP contribution >= 0.6 is 0 Å². The van der Waals surface area contributed by atoms with E-state index in [9.17, 15) is 9.18 Å². The number of methoxy groups -OCH3 is 1. The predicted molar refractivity (Wildman–Crippen MR) is 127 cm³/mol. The first-order chi connectivity index (χ1) is 16.0. The summed E-state index contributed by atoms with van der Waals surface area (Å²) in [6.45, 7) is 4.51. The smallest absolute Gasteiger partial charge is 0.228 e. The van der Waals surface area contributed by atoms with Gasteiger partial charge in [0.2, 0.25) is 5.91 Å². The zero-order valence-electron chi connectivity index (χ0n) is 19.6. The minimum absolute atomic E-state index is 0.0663. The molecule has 1 amide bonds. The van der Waals surface area contributed by atoms with E-state index in [1.165, 1.54) is 17.7 Å². The zero-order chi connectivity index (χ0) is 23.2.